The van der Waals surface area contributed by atoms with Gasteiger partial charge in [-0.3, -0.25) is 4.79 Å². The number of amides is 1. The van der Waals surface area contributed by atoms with Crippen LogP contribution in [0.15, 0.2) is 53.7 Å². The van der Waals surface area contributed by atoms with Crippen LogP contribution in [-0.4, -0.2) is 44.1 Å². The van der Waals surface area contributed by atoms with E-state index in [-0.39, 0.29) is 17.6 Å². The molecule has 3 rings (SSSR count). The van der Waals surface area contributed by atoms with Gasteiger partial charge in [0.05, 0.1) is 17.9 Å². The van der Waals surface area contributed by atoms with Crippen molar-refractivity contribution >= 4 is 29.3 Å². The maximum atomic E-state index is 12.6. The van der Waals surface area contributed by atoms with Crippen molar-refractivity contribution in [3.8, 4) is 11.5 Å². The standard InChI is InChI=1S/C23H26N4O5S/c1-5-27-20(14(2)32-19-8-6-7-18(13-19)31-4)25-26-23(27)33-15(3)21(28)24-17-11-9-16(10-12-17)22(29)30/h6-15H,5H2,1-4H3,(H,24,28)(H,29,30). The molecule has 33 heavy (non-hydrogen) atoms. The molecule has 2 atom stereocenters. The Bertz CT molecular complexity index is 1120. The minimum absolute atomic E-state index is 0.157. The topological polar surface area (TPSA) is 116 Å². The summed E-state index contributed by atoms with van der Waals surface area (Å²) in [5, 5.41) is 20.5. The van der Waals surface area contributed by atoms with Crippen LogP contribution in [0.25, 0.3) is 0 Å². The van der Waals surface area contributed by atoms with E-state index < -0.39 is 11.2 Å². The Balaban J connectivity index is 1.66. The summed E-state index contributed by atoms with van der Waals surface area (Å²) in [5.41, 5.74) is 0.680. The number of thioether (sulfide) groups is 1. The number of aromatic nitrogens is 3. The van der Waals surface area contributed by atoms with Gasteiger partial charge in [0.2, 0.25) is 5.91 Å². The molecule has 1 amide bonds. The molecule has 2 N–H and O–H groups in total. The number of carbonyl (C=O) groups is 2. The van der Waals surface area contributed by atoms with Gasteiger partial charge in [0.15, 0.2) is 17.1 Å². The summed E-state index contributed by atoms with van der Waals surface area (Å²) < 4.78 is 13.2. The van der Waals surface area contributed by atoms with Gasteiger partial charge in [0.25, 0.3) is 0 Å². The Kier molecular flexibility index (Phi) is 7.94. The molecule has 0 spiro atoms. The SMILES string of the molecule is CCn1c(SC(C)C(=O)Nc2ccc(C(=O)O)cc2)nnc1C(C)Oc1cccc(OC)c1. The lowest BCUT2D eigenvalue weighted by Gasteiger charge is -2.17. The number of hydrogen-bond donors (Lipinski definition) is 2. The molecule has 9 nitrogen and oxygen atoms in total. The van der Waals surface area contributed by atoms with Crippen LogP contribution in [0.5, 0.6) is 11.5 Å². The van der Waals surface area contributed by atoms with Crippen LogP contribution in [0.1, 0.15) is 43.1 Å². The number of rotatable bonds is 10. The van der Waals surface area contributed by atoms with Gasteiger partial charge >= 0.3 is 5.97 Å². The fraction of sp³-hybridized carbons (Fsp3) is 0.304. The molecule has 0 bridgehead atoms. The van der Waals surface area contributed by atoms with Crippen LogP contribution in [-0.2, 0) is 11.3 Å². The van der Waals surface area contributed by atoms with E-state index in [4.69, 9.17) is 14.6 Å². The minimum Gasteiger partial charge on any atom is -0.497 e. The summed E-state index contributed by atoms with van der Waals surface area (Å²) in [6.45, 7) is 6.25. The molecule has 2 aromatic carbocycles. The number of anilines is 1. The lowest BCUT2D eigenvalue weighted by molar-refractivity contribution is -0.115. The number of ether oxygens (including phenoxy) is 2. The number of nitrogens with zero attached hydrogens (tertiary/aromatic N) is 3. The summed E-state index contributed by atoms with van der Waals surface area (Å²) in [7, 11) is 1.60. The summed E-state index contributed by atoms with van der Waals surface area (Å²) in [4.78, 5) is 23.6. The number of carboxylic acid groups (broad SMARTS) is 1. The molecule has 0 saturated carbocycles. The second kappa shape index (κ2) is 10.9. The lowest BCUT2D eigenvalue weighted by Crippen LogP contribution is -2.23. The van der Waals surface area contributed by atoms with Crippen LogP contribution >= 0.6 is 11.8 Å². The van der Waals surface area contributed by atoms with Crippen molar-refractivity contribution in [3.05, 3.63) is 59.9 Å². The Morgan fingerprint density at radius 3 is 2.45 bits per heavy atom. The van der Waals surface area contributed by atoms with Crippen molar-refractivity contribution in [2.45, 2.75) is 43.8 Å². The quantitative estimate of drug-likeness (QED) is 0.422. The van der Waals surface area contributed by atoms with Crippen LogP contribution in [0.3, 0.4) is 0 Å². The van der Waals surface area contributed by atoms with E-state index in [0.29, 0.717) is 34.7 Å². The summed E-state index contributed by atoms with van der Waals surface area (Å²) >= 11 is 1.29. The second-order valence-corrected chi connectivity index (χ2v) is 8.46. The molecule has 0 saturated heterocycles. The first-order valence-corrected chi connectivity index (χ1v) is 11.2. The lowest BCUT2D eigenvalue weighted by atomic mass is 10.2. The molecule has 0 aliphatic rings. The van der Waals surface area contributed by atoms with Crippen molar-refractivity contribution in [1.82, 2.24) is 14.8 Å². The van der Waals surface area contributed by atoms with Crippen LogP contribution in [0.2, 0.25) is 0 Å². The van der Waals surface area contributed by atoms with E-state index in [1.807, 2.05) is 36.6 Å². The van der Waals surface area contributed by atoms with Crippen molar-refractivity contribution in [1.29, 1.82) is 0 Å². The first-order chi connectivity index (χ1) is 15.8. The largest absolute Gasteiger partial charge is 0.497 e. The van der Waals surface area contributed by atoms with E-state index in [2.05, 4.69) is 15.5 Å². The minimum atomic E-state index is -1.02. The van der Waals surface area contributed by atoms with Gasteiger partial charge in [-0.05, 0) is 57.2 Å². The van der Waals surface area contributed by atoms with Crippen molar-refractivity contribution < 1.29 is 24.2 Å². The van der Waals surface area contributed by atoms with Gasteiger partial charge in [0, 0.05) is 18.3 Å². The number of methoxy groups -OCH3 is 1. The van der Waals surface area contributed by atoms with Crippen molar-refractivity contribution in [2.24, 2.45) is 0 Å². The van der Waals surface area contributed by atoms with Gasteiger partial charge in [-0.1, -0.05) is 17.8 Å². The average Bonchev–Trinajstić information content (AvgIpc) is 3.22. The van der Waals surface area contributed by atoms with E-state index >= 15 is 0 Å². The monoisotopic (exact) mass is 470 g/mol. The third kappa shape index (κ3) is 6.04. The van der Waals surface area contributed by atoms with Crippen LogP contribution in [0.4, 0.5) is 5.69 Å². The number of carboxylic acids is 1. The molecule has 0 fully saturated rings. The Hall–Kier alpha value is -3.53. The smallest absolute Gasteiger partial charge is 0.335 e. The number of carbonyl (C=O) groups excluding carboxylic acids is 1. The predicted octanol–water partition coefficient (Wildman–Crippen LogP) is 4.26. The molecule has 3 aromatic rings. The molecule has 174 valence electrons. The highest BCUT2D eigenvalue weighted by Gasteiger charge is 2.23. The number of hydrogen-bond acceptors (Lipinski definition) is 7. The third-order valence-corrected chi connectivity index (χ3v) is 5.91. The second-order valence-electron chi connectivity index (χ2n) is 7.16. The zero-order valence-corrected chi connectivity index (χ0v) is 19.6. The van der Waals surface area contributed by atoms with E-state index in [9.17, 15) is 9.59 Å². The zero-order valence-electron chi connectivity index (χ0n) is 18.8. The maximum absolute atomic E-state index is 12.6. The van der Waals surface area contributed by atoms with Gasteiger partial charge in [0.1, 0.15) is 11.5 Å². The highest BCUT2D eigenvalue weighted by Crippen LogP contribution is 2.28. The van der Waals surface area contributed by atoms with Gasteiger partial charge in [-0.15, -0.1) is 10.2 Å². The highest BCUT2D eigenvalue weighted by atomic mass is 32.2. The Morgan fingerprint density at radius 1 is 1.12 bits per heavy atom. The maximum Gasteiger partial charge on any atom is 0.335 e. The fourth-order valence-corrected chi connectivity index (χ4v) is 3.99. The van der Waals surface area contributed by atoms with Gasteiger partial charge < -0.3 is 24.5 Å². The first-order valence-electron chi connectivity index (χ1n) is 10.4. The highest BCUT2D eigenvalue weighted by molar-refractivity contribution is 8.00. The normalized spacial score (nSPS) is 12.6. The first kappa shape index (κ1) is 24.1. The number of nitrogens with one attached hydrogen (secondary N) is 1. The zero-order chi connectivity index (χ0) is 24.0. The third-order valence-electron chi connectivity index (χ3n) is 4.83. The molecule has 0 radical (unpaired) electrons. The Labute approximate surface area is 196 Å². The number of aromatic carboxylic acids is 1. The van der Waals surface area contributed by atoms with Crippen LogP contribution < -0.4 is 14.8 Å². The van der Waals surface area contributed by atoms with Gasteiger partial charge in [-0.2, -0.15) is 0 Å². The van der Waals surface area contributed by atoms with Crippen LogP contribution in [0, 0.1) is 0 Å². The molecule has 1 heterocycles. The molecule has 10 heteroatoms. The molecular formula is C23H26N4O5S. The predicted molar refractivity (Wildman–Crippen MR) is 125 cm³/mol. The van der Waals surface area contributed by atoms with Gasteiger partial charge in [-0.25, -0.2) is 4.79 Å². The number of benzene rings is 2. The molecular weight excluding hydrogens is 444 g/mol. The average molecular weight is 471 g/mol. The van der Waals surface area contributed by atoms with E-state index in [1.165, 1.54) is 23.9 Å². The summed E-state index contributed by atoms with van der Waals surface area (Å²) in [6.07, 6.45) is -0.365. The fourth-order valence-electron chi connectivity index (χ4n) is 3.07. The van der Waals surface area contributed by atoms with E-state index in [0.717, 1.165) is 0 Å². The molecule has 0 aliphatic heterocycles. The molecule has 2 unspecified atom stereocenters. The summed E-state index contributed by atoms with van der Waals surface area (Å²) in [6, 6.07) is 13.3. The van der Waals surface area contributed by atoms with Crippen molar-refractivity contribution in [2.75, 3.05) is 12.4 Å². The molecule has 0 aliphatic carbocycles. The summed E-state index contributed by atoms with van der Waals surface area (Å²) in [5.74, 6) is 0.764. The van der Waals surface area contributed by atoms with E-state index in [1.54, 1.807) is 32.2 Å². The molecule has 1 aromatic heterocycles. The Morgan fingerprint density at radius 2 is 1.82 bits per heavy atom. The van der Waals surface area contributed by atoms with Crippen molar-refractivity contribution in [3.63, 3.8) is 0 Å².